The van der Waals surface area contributed by atoms with E-state index in [1.807, 2.05) is 0 Å². The lowest BCUT2D eigenvalue weighted by molar-refractivity contribution is -0.145. The number of halogens is 1. The highest BCUT2D eigenvalue weighted by Crippen LogP contribution is 2.38. The van der Waals surface area contributed by atoms with Gasteiger partial charge in [-0.15, -0.1) is 0 Å². The second-order valence-electron chi connectivity index (χ2n) is 4.85. The topological polar surface area (TPSA) is 93.1 Å². The minimum Gasteiger partial charge on any atom is -0.504 e. The summed E-state index contributed by atoms with van der Waals surface area (Å²) in [7, 11) is 0. The molecular formula is C16H16BrNO6S. The first-order valence-corrected chi connectivity index (χ1v) is 9.04. The number of rotatable bonds is 6. The first-order chi connectivity index (χ1) is 11.9. The number of carbonyl (C=O) groups is 3. The van der Waals surface area contributed by atoms with Crippen molar-refractivity contribution in [3.63, 3.8) is 0 Å². The molecule has 1 N–H and O–H groups in total. The number of thioether (sulfide) groups is 1. The van der Waals surface area contributed by atoms with Crippen molar-refractivity contribution in [2.45, 2.75) is 13.8 Å². The summed E-state index contributed by atoms with van der Waals surface area (Å²) in [5.41, 5.74) is 0.319. The lowest BCUT2D eigenvalue weighted by Gasteiger charge is -2.11. The summed E-state index contributed by atoms with van der Waals surface area (Å²) in [6.07, 6.45) is 1.39. The summed E-state index contributed by atoms with van der Waals surface area (Å²) in [6.45, 7) is 3.50. The summed E-state index contributed by atoms with van der Waals surface area (Å²) in [5.74, 6) is -1.15. The Morgan fingerprint density at radius 3 is 2.68 bits per heavy atom. The number of esters is 1. The molecule has 1 fully saturated rings. The molecule has 1 heterocycles. The molecule has 0 atom stereocenters. The average molecular weight is 430 g/mol. The van der Waals surface area contributed by atoms with Crippen LogP contribution in [0.3, 0.4) is 0 Å². The third-order valence-corrected chi connectivity index (χ3v) is 4.49. The van der Waals surface area contributed by atoms with Gasteiger partial charge >= 0.3 is 5.97 Å². The Hall–Kier alpha value is -2.00. The Morgan fingerprint density at radius 1 is 1.32 bits per heavy atom. The standard InChI is InChI=1S/C16H16BrNO6S/c1-3-23-11-7-10(17)5-9(14(11)20)6-12-15(21)18(16(22)25-12)8-13(19)24-4-2/h5-7,20H,3-4,8H2,1-2H3/b12-6+. The molecule has 1 aromatic carbocycles. The van der Waals surface area contributed by atoms with Crippen molar-refractivity contribution < 1.29 is 29.0 Å². The van der Waals surface area contributed by atoms with Crippen LogP contribution in [0.4, 0.5) is 4.79 Å². The van der Waals surface area contributed by atoms with Gasteiger partial charge in [0.05, 0.1) is 18.1 Å². The van der Waals surface area contributed by atoms with E-state index in [1.165, 1.54) is 6.08 Å². The molecule has 1 aliphatic rings. The molecule has 0 aromatic heterocycles. The van der Waals surface area contributed by atoms with Crippen molar-refractivity contribution >= 4 is 50.9 Å². The number of carbonyl (C=O) groups excluding carboxylic acids is 3. The fourth-order valence-electron chi connectivity index (χ4n) is 2.08. The van der Waals surface area contributed by atoms with Crippen molar-refractivity contribution in [1.82, 2.24) is 4.90 Å². The molecule has 0 aliphatic carbocycles. The molecule has 1 saturated heterocycles. The normalized spacial score (nSPS) is 15.8. The van der Waals surface area contributed by atoms with Gasteiger partial charge in [-0.3, -0.25) is 19.3 Å². The van der Waals surface area contributed by atoms with Gasteiger partial charge in [0.1, 0.15) is 6.54 Å². The second kappa shape index (κ2) is 8.39. The van der Waals surface area contributed by atoms with Gasteiger partial charge in [0, 0.05) is 10.0 Å². The quantitative estimate of drug-likeness (QED) is 0.548. The SMILES string of the molecule is CCOC(=O)CN1C(=O)S/C(=C/c2cc(Br)cc(OCC)c2O)C1=O. The number of phenolic OH excluding ortho intramolecular Hbond substituents is 1. The zero-order valence-electron chi connectivity index (χ0n) is 13.6. The molecule has 0 saturated carbocycles. The molecule has 1 aliphatic heterocycles. The Morgan fingerprint density at radius 2 is 2.04 bits per heavy atom. The summed E-state index contributed by atoms with van der Waals surface area (Å²) < 4.78 is 10.7. The zero-order chi connectivity index (χ0) is 18.6. The predicted molar refractivity (Wildman–Crippen MR) is 96.3 cm³/mol. The number of hydrogen-bond donors (Lipinski definition) is 1. The maximum absolute atomic E-state index is 12.4. The molecule has 9 heteroatoms. The van der Waals surface area contributed by atoms with Gasteiger partial charge in [-0.25, -0.2) is 0 Å². The third-order valence-electron chi connectivity index (χ3n) is 3.12. The van der Waals surface area contributed by atoms with E-state index in [9.17, 15) is 19.5 Å². The van der Waals surface area contributed by atoms with Crippen molar-refractivity contribution in [2.75, 3.05) is 19.8 Å². The lowest BCUT2D eigenvalue weighted by atomic mass is 10.1. The fourth-order valence-corrected chi connectivity index (χ4v) is 3.37. The number of imide groups is 1. The Labute approximate surface area is 157 Å². The highest BCUT2D eigenvalue weighted by atomic mass is 79.9. The number of ether oxygens (including phenoxy) is 2. The van der Waals surface area contributed by atoms with E-state index < -0.39 is 23.7 Å². The van der Waals surface area contributed by atoms with Gasteiger partial charge < -0.3 is 14.6 Å². The second-order valence-corrected chi connectivity index (χ2v) is 6.76. The number of aromatic hydroxyl groups is 1. The van der Waals surface area contributed by atoms with Crippen LogP contribution >= 0.6 is 27.7 Å². The van der Waals surface area contributed by atoms with Crippen LogP contribution in [0.5, 0.6) is 11.5 Å². The van der Waals surface area contributed by atoms with Crippen LogP contribution in [-0.4, -0.2) is 46.9 Å². The lowest BCUT2D eigenvalue weighted by Crippen LogP contribution is -2.34. The molecule has 0 radical (unpaired) electrons. The zero-order valence-corrected chi connectivity index (χ0v) is 16.0. The first kappa shape index (κ1) is 19.3. The van der Waals surface area contributed by atoms with Crippen molar-refractivity contribution in [2.24, 2.45) is 0 Å². The molecule has 2 amide bonds. The van der Waals surface area contributed by atoms with E-state index in [4.69, 9.17) is 9.47 Å². The number of benzene rings is 1. The van der Waals surface area contributed by atoms with Crippen molar-refractivity contribution in [3.05, 3.63) is 27.1 Å². The summed E-state index contributed by atoms with van der Waals surface area (Å²) in [6, 6.07) is 3.19. The van der Waals surface area contributed by atoms with Crippen molar-refractivity contribution in [3.8, 4) is 11.5 Å². The molecular weight excluding hydrogens is 414 g/mol. The maximum atomic E-state index is 12.4. The smallest absolute Gasteiger partial charge is 0.326 e. The van der Waals surface area contributed by atoms with Crippen LogP contribution in [-0.2, 0) is 14.3 Å². The van der Waals surface area contributed by atoms with E-state index in [-0.39, 0.29) is 23.0 Å². The number of hydrogen-bond acceptors (Lipinski definition) is 7. The Balaban J connectivity index is 2.29. The summed E-state index contributed by atoms with van der Waals surface area (Å²) in [5, 5.41) is 9.69. The molecule has 7 nitrogen and oxygen atoms in total. The molecule has 0 bridgehead atoms. The first-order valence-electron chi connectivity index (χ1n) is 7.43. The number of nitrogens with zero attached hydrogens (tertiary/aromatic N) is 1. The monoisotopic (exact) mass is 429 g/mol. The van der Waals surface area contributed by atoms with Crippen molar-refractivity contribution in [1.29, 1.82) is 0 Å². The van der Waals surface area contributed by atoms with Gasteiger partial charge in [0.25, 0.3) is 11.1 Å². The Bertz CT molecular complexity index is 748. The van der Waals surface area contributed by atoms with Gasteiger partial charge in [0.15, 0.2) is 11.5 Å². The van der Waals surface area contributed by atoms with Crippen LogP contribution in [0.1, 0.15) is 19.4 Å². The van der Waals surface area contributed by atoms with Crippen LogP contribution in [0, 0.1) is 0 Å². The van der Waals surface area contributed by atoms with E-state index in [0.29, 0.717) is 28.4 Å². The molecule has 0 unspecified atom stereocenters. The summed E-state index contributed by atoms with van der Waals surface area (Å²) >= 11 is 4.00. The largest absolute Gasteiger partial charge is 0.504 e. The molecule has 25 heavy (non-hydrogen) atoms. The highest BCUT2D eigenvalue weighted by molar-refractivity contribution is 9.10. The Kier molecular flexibility index (Phi) is 6.49. The van der Waals surface area contributed by atoms with Gasteiger partial charge in [-0.2, -0.15) is 0 Å². The molecule has 134 valence electrons. The molecule has 2 rings (SSSR count). The fraction of sp³-hybridized carbons (Fsp3) is 0.312. The minimum atomic E-state index is -0.657. The minimum absolute atomic E-state index is 0.102. The van der Waals surface area contributed by atoms with E-state index in [1.54, 1.807) is 26.0 Å². The molecule has 0 spiro atoms. The predicted octanol–water partition coefficient (Wildman–Crippen LogP) is 3.15. The average Bonchev–Trinajstić information content (AvgIpc) is 2.80. The maximum Gasteiger partial charge on any atom is 0.326 e. The van der Waals surface area contributed by atoms with Crippen LogP contribution in [0.2, 0.25) is 0 Å². The third kappa shape index (κ3) is 4.55. The van der Waals surface area contributed by atoms with Crippen LogP contribution < -0.4 is 4.74 Å². The summed E-state index contributed by atoms with van der Waals surface area (Å²) in [4.78, 5) is 36.7. The van der Waals surface area contributed by atoms with E-state index >= 15 is 0 Å². The van der Waals surface area contributed by atoms with Gasteiger partial charge in [-0.1, -0.05) is 15.9 Å². The highest BCUT2D eigenvalue weighted by Gasteiger charge is 2.36. The van der Waals surface area contributed by atoms with Crippen LogP contribution in [0.15, 0.2) is 21.5 Å². The van der Waals surface area contributed by atoms with E-state index in [0.717, 1.165) is 4.90 Å². The molecule has 1 aromatic rings. The van der Waals surface area contributed by atoms with Gasteiger partial charge in [0.2, 0.25) is 0 Å². The number of phenols is 1. The number of amides is 2. The van der Waals surface area contributed by atoms with E-state index in [2.05, 4.69) is 15.9 Å². The van der Waals surface area contributed by atoms with Gasteiger partial charge in [-0.05, 0) is 43.8 Å². The van der Waals surface area contributed by atoms with Crippen LogP contribution in [0.25, 0.3) is 6.08 Å².